The molecule has 0 aliphatic rings. The van der Waals surface area contributed by atoms with E-state index >= 15 is 0 Å². The van der Waals surface area contributed by atoms with E-state index in [0.29, 0.717) is 0 Å². The van der Waals surface area contributed by atoms with Gasteiger partial charge in [-0.1, -0.05) is 13.0 Å². The van der Waals surface area contributed by atoms with Crippen molar-refractivity contribution in [3.63, 3.8) is 0 Å². The Morgan fingerprint density at radius 3 is 2.56 bits per heavy atom. The van der Waals surface area contributed by atoms with E-state index in [1.165, 1.54) is 0 Å². The van der Waals surface area contributed by atoms with Crippen molar-refractivity contribution in [3.8, 4) is 0 Å². The molecule has 6 nitrogen and oxygen atoms in total. The first-order valence-electron chi connectivity index (χ1n) is 4.60. The van der Waals surface area contributed by atoms with Crippen LogP contribution in [0.2, 0.25) is 0 Å². The molecule has 7 heteroatoms. The molecule has 1 aromatic heterocycles. The van der Waals surface area contributed by atoms with Gasteiger partial charge in [-0.25, -0.2) is 4.98 Å². The van der Waals surface area contributed by atoms with Crippen LogP contribution in [0.15, 0.2) is 18.9 Å². The van der Waals surface area contributed by atoms with E-state index in [1.807, 2.05) is 12.3 Å². The lowest BCUT2D eigenvalue weighted by Gasteiger charge is -1.84. The summed E-state index contributed by atoms with van der Waals surface area (Å²) in [7, 11) is -3.29. The van der Waals surface area contributed by atoms with Crippen LogP contribution < -0.4 is 0 Å². The summed E-state index contributed by atoms with van der Waals surface area (Å²) in [5.41, 5.74) is 1.12. The number of aromatic nitrogens is 2. The number of imidazole rings is 1. The molecule has 0 bridgehead atoms. The molecule has 0 radical (unpaired) electrons. The molecule has 0 atom stereocenters. The number of nitrogens with zero attached hydrogens (tertiary/aromatic N) is 1. The third-order valence-electron chi connectivity index (χ3n) is 1.59. The second-order valence-electron chi connectivity index (χ2n) is 2.78. The average Bonchev–Trinajstić information content (AvgIpc) is 2.66. The molecular formula is C9H16N2O4S. The number of rotatable bonds is 4. The number of nitrogens with one attached hydrogen (secondary N) is 1. The maximum Gasteiger partial charge on any atom is 0.397 e. The molecule has 0 spiro atoms. The van der Waals surface area contributed by atoms with Crippen molar-refractivity contribution >= 4 is 10.4 Å². The number of hydrogen-bond donors (Lipinski definition) is 2. The van der Waals surface area contributed by atoms with Crippen LogP contribution in [0.4, 0.5) is 0 Å². The first-order chi connectivity index (χ1) is 7.42. The van der Waals surface area contributed by atoms with Gasteiger partial charge >= 0.3 is 10.4 Å². The van der Waals surface area contributed by atoms with Gasteiger partial charge in [-0.05, 0) is 6.42 Å². The highest BCUT2D eigenvalue weighted by Crippen LogP contribution is 1.98. The maximum absolute atomic E-state index is 9.33. The van der Waals surface area contributed by atoms with Gasteiger partial charge in [0.2, 0.25) is 0 Å². The van der Waals surface area contributed by atoms with Gasteiger partial charge in [0.15, 0.2) is 0 Å². The number of allylic oxidation sites excluding steroid dienone is 1. The minimum absolute atomic E-state index is 0.833. The van der Waals surface area contributed by atoms with Crippen LogP contribution in [-0.4, -0.2) is 30.0 Å². The summed E-state index contributed by atoms with van der Waals surface area (Å²) < 4.78 is 29.7. The summed E-state index contributed by atoms with van der Waals surface area (Å²) in [6.45, 7) is 5.72. The van der Waals surface area contributed by atoms with Gasteiger partial charge < -0.3 is 4.98 Å². The monoisotopic (exact) mass is 248 g/mol. The van der Waals surface area contributed by atoms with E-state index in [2.05, 4.69) is 27.7 Å². The highest BCUT2D eigenvalue weighted by atomic mass is 32.3. The fraction of sp³-hybridized carbons (Fsp3) is 0.444. The van der Waals surface area contributed by atoms with Crippen molar-refractivity contribution in [1.29, 1.82) is 0 Å². The van der Waals surface area contributed by atoms with Crippen LogP contribution >= 0.6 is 0 Å². The van der Waals surface area contributed by atoms with Gasteiger partial charge in [-0.15, -0.1) is 6.58 Å². The topological polar surface area (TPSA) is 92.3 Å². The minimum atomic E-state index is -4.16. The van der Waals surface area contributed by atoms with Crippen LogP contribution in [0.25, 0.3) is 0 Å². The van der Waals surface area contributed by atoms with E-state index in [0.717, 1.165) is 31.5 Å². The van der Waals surface area contributed by atoms with Crippen LogP contribution in [0.5, 0.6) is 0 Å². The normalized spacial score (nSPS) is 10.4. The lowest BCUT2D eigenvalue weighted by Crippen LogP contribution is -1.96. The molecule has 1 heterocycles. The van der Waals surface area contributed by atoms with Gasteiger partial charge in [0.1, 0.15) is 5.82 Å². The summed E-state index contributed by atoms with van der Waals surface area (Å²) in [5.74, 6) is 1.01. The van der Waals surface area contributed by atoms with E-state index in [9.17, 15) is 8.42 Å². The zero-order chi connectivity index (χ0) is 12.6. The predicted molar refractivity (Wildman–Crippen MR) is 60.4 cm³/mol. The maximum atomic E-state index is 9.33. The quantitative estimate of drug-likeness (QED) is 0.615. The second-order valence-corrected chi connectivity index (χ2v) is 3.97. The Balaban J connectivity index is 0.000000325. The minimum Gasteiger partial charge on any atom is -0.348 e. The van der Waals surface area contributed by atoms with Crippen molar-refractivity contribution in [3.05, 3.63) is 30.4 Å². The summed E-state index contributed by atoms with van der Waals surface area (Å²) in [6.07, 6.45) is 5.62. The van der Waals surface area contributed by atoms with E-state index < -0.39 is 10.4 Å². The SMILES string of the molecule is C=CCc1nc(CC)c[nH]1.COS(=O)(=O)O. The Labute approximate surface area is 95.3 Å². The van der Waals surface area contributed by atoms with Crippen LogP contribution in [0, 0.1) is 0 Å². The number of aromatic amines is 1. The first kappa shape index (κ1) is 14.8. The van der Waals surface area contributed by atoms with Crippen molar-refractivity contribution in [2.75, 3.05) is 7.11 Å². The Bertz CT molecular complexity index is 411. The van der Waals surface area contributed by atoms with Crippen molar-refractivity contribution in [1.82, 2.24) is 9.97 Å². The third-order valence-corrected chi connectivity index (χ3v) is 2.02. The van der Waals surface area contributed by atoms with Gasteiger partial charge in [-0.2, -0.15) is 8.42 Å². The smallest absolute Gasteiger partial charge is 0.348 e. The summed E-state index contributed by atoms with van der Waals surface area (Å²) in [6, 6.07) is 0. The molecule has 92 valence electrons. The predicted octanol–water partition coefficient (Wildman–Crippen LogP) is 1.14. The third kappa shape index (κ3) is 7.16. The molecule has 0 aliphatic heterocycles. The molecule has 0 aliphatic carbocycles. The molecule has 0 fully saturated rings. The molecule has 2 N–H and O–H groups in total. The van der Waals surface area contributed by atoms with Gasteiger partial charge in [0, 0.05) is 12.6 Å². The fourth-order valence-corrected chi connectivity index (χ4v) is 0.827. The lowest BCUT2D eigenvalue weighted by atomic mass is 10.4. The summed E-state index contributed by atoms with van der Waals surface area (Å²) >= 11 is 0. The molecule has 0 unspecified atom stereocenters. The van der Waals surface area contributed by atoms with Crippen LogP contribution in [0.3, 0.4) is 0 Å². The first-order valence-corrected chi connectivity index (χ1v) is 5.96. The van der Waals surface area contributed by atoms with E-state index in [4.69, 9.17) is 4.55 Å². The van der Waals surface area contributed by atoms with Gasteiger partial charge in [0.25, 0.3) is 0 Å². The molecule has 0 saturated heterocycles. The average molecular weight is 248 g/mol. The molecule has 1 rings (SSSR count). The Morgan fingerprint density at radius 1 is 1.69 bits per heavy atom. The van der Waals surface area contributed by atoms with Crippen LogP contribution in [-0.2, 0) is 27.4 Å². The van der Waals surface area contributed by atoms with Gasteiger partial charge in [-0.3, -0.25) is 8.74 Å². The Hall–Kier alpha value is -1.18. The van der Waals surface area contributed by atoms with E-state index in [-0.39, 0.29) is 0 Å². The number of H-pyrrole nitrogens is 1. The molecule has 1 aromatic rings. The molecule has 0 amide bonds. The largest absolute Gasteiger partial charge is 0.397 e. The standard InChI is InChI=1S/C8H12N2.CH4O4S/c1-3-5-8-9-6-7(4-2)10-8;1-5-6(2,3)4/h3,6H,1,4-5H2,2H3,(H,9,10);1H3,(H,2,3,4). The van der Waals surface area contributed by atoms with Crippen LogP contribution in [0.1, 0.15) is 18.4 Å². The number of hydrogen-bond acceptors (Lipinski definition) is 4. The zero-order valence-corrected chi connectivity index (χ0v) is 10.1. The van der Waals surface area contributed by atoms with E-state index in [1.54, 1.807) is 0 Å². The van der Waals surface area contributed by atoms with Crippen molar-refractivity contribution < 1.29 is 17.2 Å². The molecule has 16 heavy (non-hydrogen) atoms. The molecule has 0 saturated carbocycles. The fourth-order valence-electron chi connectivity index (χ4n) is 0.827. The van der Waals surface area contributed by atoms with Gasteiger partial charge in [0.05, 0.1) is 12.8 Å². The van der Waals surface area contributed by atoms with Crippen molar-refractivity contribution in [2.24, 2.45) is 0 Å². The highest BCUT2D eigenvalue weighted by molar-refractivity contribution is 7.80. The summed E-state index contributed by atoms with van der Waals surface area (Å²) in [5, 5.41) is 0. The number of aryl methyl sites for hydroxylation is 1. The lowest BCUT2D eigenvalue weighted by molar-refractivity contribution is 0.324. The van der Waals surface area contributed by atoms with Crippen molar-refractivity contribution in [2.45, 2.75) is 19.8 Å². The highest BCUT2D eigenvalue weighted by Gasteiger charge is 1.95. The summed E-state index contributed by atoms with van der Waals surface area (Å²) in [4.78, 5) is 7.37. The Morgan fingerprint density at radius 2 is 2.25 bits per heavy atom. The Kier molecular flexibility index (Phi) is 6.63. The molecular weight excluding hydrogens is 232 g/mol. The zero-order valence-electron chi connectivity index (χ0n) is 9.30. The second kappa shape index (κ2) is 7.15. The molecule has 0 aromatic carbocycles.